The lowest BCUT2D eigenvalue weighted by Gasteiger charge is -2.33. The predicted molar refractivity (Wildman–Crippen MR) is 151 cm³/mol. The van der Waals surface area contributed by atoms with Crippen molar-refractivity contribution in [3.05, 3.63) is 82.5 Å². The van der Waals surface area contributed by atoms with Gasteiger partial charge in [-0.25, -0.2) is 14.4 Å². The number of oxazole rings is 1. The molecule has 4 aromatic rings. The van der Waals surface area contributed by atoms with Crippen LogP contribution in [0.3, 0.4) is 0 Å². The fourth-order valence-electron chi connectivity index (χ4n) is 6.27. The number of ether oxygens (including phenoxy) is 3. The molecule has 0 saturated carbocycles. The van der Waals surface area contributed by atoms with Crippen LogP contribution in [0.1, 0.15) is 54.7 Å². The van der Waals surface area contributed by atoms with Crippen molar-refractivity contribution in [3.63, 3.8) is 0 Å². The van der Waals surface area contributed by atoms with Gasteiger partial charge in [-0.2, -0.15) is 0 Å². The normalized spacial score (nSPS) is 22.7. The summed E-state index contributed by atoms with van der Waals surface area (Å²) in [6.07, 6.45) is 6.32. The van der Waals surface area contributed by atoms with Gasteiger partial charge in [0.25, 0.3) is 5.79 Å². The molecule has 41 heavy (non-hydrogen) atoms. The summed E-state index contributed by atoms with van der Waals surface area (Å²) in [4.78, 5) is 11.8. The minimum absolute atomic E-state index is 0.202. The largest absolute Gasteiger partial charge is 0.451 e. The molecule has 8 nitrogen and oxygen atoms in total. The van der Waals surface area contributed by atoms with E-state index in [0.717, 1.165) is 80.5 Å². The SMILES string of the molecule is Cc1nc(CN2CCC(c3cccc4c3OC(C)(c3ccc(Cl)cc3F)O4)CC2)n(CC2CCO2)c1-c1cocn1. The molecule has 0 amide bonds. The molecule has 5 heterocycles. The van der Waals surface area contributed by atoms with Gasteiger partial charge < -0.3 is 23.2 Å². The number of rotatable bonds is 7. The Morgan fingerprint density at radius 1 is 1.12 bits per heavy atom. The fourth-order valence-corrected chi connectivity index (χ4v) is 6.43. The summed E-state index contributed by atoms with van der Waals surface area (Å²) < 4.78 is 40.7. The van der Waals surface area contributed by atoms with Gasteiger partial charge in [0.1, 0.15) is 23.6 Å². The van der Waals surface area contributed by atoms with Crippen LogP contribution in [0.5, 0.6) is 11.5 Å². The van der Waals surface area contributed by atoms with E-state index < -0.39 is 11.6 Å². The van der Waals surface area contributed by atoms with Gasteiger partial charge in [0.05, 0.1) is 36.1 Å². The molecule has 0 aliphatic carbocycles. The van der Waals surface area contributed by atoms with Crippen LogP contribution in [0.4, 0.5) is 4.39 Å². The van der Waals surface area contributed by atoms with Crippen LogP contribution in [0, 0.1) is 12.7 Å². The Hall–Kier alpha value is -3.40. The molecule has 2 aromatic carbocycles. The van der Waals surface area contributed by atoms with Crippen molar-refractivity contribution in [2.75, 3.05) is 19.7 Å². The van der Waals surface area contributed by atoms with Crippen LogP contribution >= 0.6 is 11.6 Å². The van der Waals surface area contributed by atoms with Crippen LogP contribution in [-0.2, 0) is 23.6 Å². The number of hydrogen-bond acceptors (Lipinski definition) is 7. The summed E-state index contributed by atoms with van der Waals surface area (Å²) in [7, 11) is 0. The van der Waals surface area contributed by atoms with E-state index in [1.807, 2.05) is 19.1 Å². The maximum atomic E-state index is 14.8. The Balaban J connectivity index is 1.07. The van der Waals surface area contributed by atoms with Crippen molar-refractivity contribution in [1.82, 2.24) is 19.4 Å². The first-order valence-electron chi connectivity index (χ1n) is 14.1. The lowest BCUT2D eigenvalue weighted by Crippen LogP contribution is -2.35. The van der Waals surface area contributed by atoms with Crippen molar-refractivity contribution >= 4 is 11.6 Å². The van der Waals surface area contributed by atoms with E-state index in [9.17, 15) is 4.39 Å². The minimum atomic E-state index is -1.26. The summed E-state index contributed by atoms with van der Waals surface area (Å²) >= 11 is 5.98. The molecule has 2 atom stereocenters. The minimum Gasteiger partial charge on any atom is -0.451 e. The average Bonchev–Trinajstić information content (AvgIpc) is 3.64. The Bertz CT molecular complexity index is 1560. The molecule has 0 radical (unpaired) electrons. The van der Waals surface area contributed by atoms with E-state index in [1.54, 1.807) is 25.3 Å². The molecule has 3 aliphatic rings. The molecule has 3 aliphatic heterocycles. The van der Waals surface area contributed by atoms with Crippen molar-refractivity contribution in [2.24, 2.45) is 0 Å². The van der Waals surface area contributed by atoms with Crippen molar-refractivity contribution in [3.8, 4) is 22.9 Å². The van der Waals surface area contributed by atoms with Gasteiger partial charge in [-0.15, -0.1) is 0 Å². The lowest BCUT2D eigenvalue weighted by atomic mass is 9.88. The molecule has 2 saturated heterocycles. The van der Waals surface area contributed by atoms with E-state index in [2.05, 4.69) is 20.5 Å². The van der Waals surface area contributed by atoms with Gasteiger partial charge in [-0.3, -0.25) is 4.90 Å². The maximum absolute atomic E-state index is 14.8. The van der Waals surface area contributed by atoms with Crippen LogP contribution in [0.25, 0.3) is 11.4 Å². The quantitative estimate of drug-likeness (QED) is 0.249. The first kappa shape index (κ1) is 26.5. The summed E-state index contributed by atoms with van der Waals surface area (Å²) in [5.41, 5.74) is 4.16. The number of benzene rings is 2. The number of imidazole rings is 1. The number of aromatic nitrogens is 3. The third kappa shape index (κ3) is 4.90. The van der Waals surface area contributed by atoms with Crippen LogP contribution in [0.15, 0.2) is 53.5 Å². The standard InChI is InChI=1S/C31H32ClFN4O4/c1-19-29(26-17-38-18-34-26)37(15-22-10-13-39-22)28(35-19)16-36-11-8-20(9-12-36)23-4-3-5-27-30(23)41-31(2,40-27)24-7-6-21(32)14-25(24)33/h3-7,14,17-18,20,22H,8-13,15-16H2,1-2H3. The highest BCUT2D eigenvalue weighted by Crippen LogP contribution is 2.50. The Kier molecular flexibility index (Phi) is 6.76. The van der Waals surface area contributed by atoms with E-state index >= 15 is 0 Å². The maximum Gasteiger partial charge on any atom is 0.278 e. The van der Waals surface area contributed by atoms with E-state index in [4.69, 9.17) is 35.2 Å². The molecule has 10 heteroatoms. The second-order valence-electron chi connectivity index (χ2n) is 11.2. The zero-order chi connectivity index (χ0) is 28.1. The molecule has 0 bridgehead atoms. The summed E-state index contributed by atoms with van der Waals surface area (Å²) in [6.45, 7) is 7.93. The van der Waals surface area contributed by atoms with Gasteiger partial charge >= 0.3 is 0 Å². The molecule has 2 aromatic heterocycles. The number of hydrogen-bond donors (Lipinski definition) is 0. The number of fused-ring (bicyclic) bond motifs is 1. The number of likely N-dealkylation sites (tertiary alicyclic amines) is 1. The lowest BCUT2D eigenvalue weighted by molar-refractivity contribution is -0.0712. The highest BCUT2D eigenvalue weighted by molar-refractivity contribution is 6.30. The van der Waals surface area contributed by atoms with Gasteiger partial charge in [0, 0.05) is 24.1 Å². The van der Waals surface area contributed by atoms with Crippen LogP contribution in [-0.4, -0.2) is 45.2 Å². The zero-order valence-electron chi connectivity index (χ0n) is 23.1. The van der Waals surface area contributed by atoms with Crippen molar-refractivity contribution in [2.45, 2.75) is 64.0 Å². The molecule has 7 rings (SSSR count). The number of nitrogens with zero attached hydrogens (tertiary/aromatic N) is 4. The zero-order valence-corrected chi connectivity index (χ0v) is 23.9. The van der Waals surface area contributed by atoms with E-state index in [1.165, 1.54) is 12.5 Å². The van der Waals surface area contributed by atoms with E-state index in [0.29, 0.717) is 28.0 Å². The smallest absolute Gasteiger partial charge is 0.278 e. The summed E-state index contributed by atoms with van der Waals surface area (Å²) in [5.74, 6) is 0.954. The molecule has 2 unspecified atom stereocenters. The van der Waals surface area contributed by atoms with Gasteiger partial charge in [0.2, 0.25) is 0 Å². The number of aryl methyl sites for hydroxylation is 1. The van der Waals surface area contributed by atoms with Crippen molar-refractivity contribution < 1.29 is 23.0 Å². The molecular formula is C31H32ClFN4O4. The Labute approximate surface area is 243 Å². The first-order chi connectivity index (χ1) is 19.9. The third-order valence-electron chi connectivity index (χ3n) is 8.50. The molecule has 2 fully saturated rings. The highest BCUT2D eigenvalue weighted by atomic mass is 35.5. The predicted octanol–water partition coefficient (Wildman–Crippen LogP) is 6.45. The fraction of sp³-hybridized carbons (Fsp3) is 0.419. The summed E-state index contributed by atoms with van der Waals surface area (Å²) in [5, 5.41) is 0.334. The van der Waals surface area contributed by atoms with Gasteiger partial charge in [-0.05, 0) is 69.5 Å². The number of para-hydroxylation sites is 1. The molecule has 0 spiro atoms. The third-order valence-corrected chi connectivity index (χ3v) is 8.73. The average molecular weight is 579 g/mol. The van der Waals surface area contributed by atoms with Gasteiger partial charge in [-0.1, -0.05) is 23.7 Å². The Morgan fingerprint density at radius 2 is 1.95 bits per heavy atom. The summed E-state index contributed by atoms with van der Waals surface area (Å²) in [6, 6.07) is 10.5. The number of halogens is 2. The molecule has 214 valence electrons. The number of piperidine rings is 1. The van der Waals surface area contributed by atoms with Crippen LogP contribution in [0.2, 0.25) is 5.02 Å². The second-order valence-corrected chi connectivity index (χ2v) is 11.7. The van der Waals surface area contributed by atoms with Crippen LogP contribution < -0.4 is 9.47 Å². The van der Waals surface area contributed by atoms with Gasteiger partial charge in [0.15, 0.2) is 17.9 Å². The molecule has 0 N–H and O–H groups in total. The highest BCUT2D eigenvalue weighted by Gasteiger charge is 2.43. The molecular weight excluding hydrogens is 547 g/mol. The van der Waals surface area contributed by atoms with Crippen molar-refractivity contribution in [1.29, 1.82) is 0 Å². The Morgan fingerprint density at radius 3 is 2.66 bits per heavy atom. The van der Waals surface area contributed by atoms with E-state index in [-0.39, 0.29) is 6.10 Å². The second kappa shape index (κ2) is 10.5. The topological polar surface area (TPSA) is 74.8 Å². The first-order valence-corrected chi connectivity index (χ1v) is 14.5. The monoisotopic (exact) mass is 578 g/mol.